The number of benzene rings is 2. The second-order valence-electron chi connectivity index (χ2n) is 6.64. The maximum atomic E-state index is 12.8. The average Bonchev–Trinajstić information content (AvgIpc) is 2.81. The van der Waals surface area contributed by atoms with Crippen LogP contribution in [0.3, 0.4) is 0 Å². The zero-order chi connectivity index (χ0) is 19.2. The maximum absolute atomic E-state index is 12.8. The fourth-order valence-corrected chi connectivity index (χ4v) is 4.69. The van der Waals surface area contributed by atoms with E-state index in [1.54, 1.807) is 0 Å². The van der Waals surface area contributed by atoms with E-state index in [0.717, 1.165) is 34.8 Å². The normalized spacial score (nSPS) is 16.4. The Morgan fingerprint density at radius 2 is 1.89 bits per heavy atom. The third-order valence-corrected chi connectivity index (χ3v) is 6.49. The van der Waals surface area contributed by atoms with Gasteiger partial charge in [0.15, 0.2) is 0 Å². The number of carbonyl (C=O) groups excluding carboxylic acids is 2. The molecule has 0 aromatic heterocycles. The zero-order valence-corrected chi connectivity index (χ0v) is 17.2. The molecule has 1 N–H and O–H groups in total. The molecule has 4 nitrogen and oxygen atoms in total. The molecule has 0 fully saturated rings. The number of nitrogens with one attached hydrogen (secondary N) is 1. The highest BCUT2D eigenvalue weighted by atomic mass is 32.2. The Morgan fingerprint density at radius 3 is 2.67 bits per heavy atom. The molecule has 0 bridgehead atoms. The van der Waals surface area contributed by atoms with Crippen molar-refractivity contribution in [3.63, 3.8) is 0 Å². The van der Waals surface area contributed by atoms with Gasteiger partial charge in [0.1, 0.15) is 0 Å². The molecule has 142 valence electrons. The molecule has 1 heterocycles. The van der Waals surface area contributed by atoms with Crippen LogP contribution in [0.1, 0.15) is 18.9 Å². The van der Waals surface area contributed by atoms with E-state index < -0.39 is 0 Å². The van der Waals surface area contributed by atoms with Gasteiger partial charge in [-0.1, -0.05) is 36.8 Å². The molecule has 2 amide bonds. The van der Waals surface area contributed by atoms with Crippen LogP contribution in [0.4, 0.5) is 11.4 Å². The first-order valence-electron chi connectivity index (χ1n) is 9.03. The monoisotopic (exact) mass is 400 g/mol. The highest BCUT2D eigenvalue weighted by molar-refractivity contribution is 8.00. The van der Waals surface area contributed by atoms with Crippen molar-refractivity contribution in [1.29, 1.82) is 0 Å². The van der Waals surface area contributed by atoms with Crippen LogP contribution in [0.5, 0.6) is 0 Å². The largest absolute Gasteiger partial charge is 0.325 e. The quantitative estimate of drug-likeness (QED) is 0.798. The van der Waals surface area contributed by atoms with E-state index in [9.17, 15) is 9.59 Å². The molecule has 0 saturated carbocycles. The number of carbonyl (C=O) groups is 2. The number of para-hydroxylation sites is 1. The lowest BCUT2D eigenvalue weighted by Crippen LogP contribution is -2.34. The molecule has 0 radical (unpaired) electrons. The fraction of sp³-hybridized carbons (Fsp3) is 0.333. The van der Waals surface area contributed by atoms with E-state index in [0.29, 0.717) is 11.0 Å². The summed E-state index contributed by atoms with van der Waals surface area (Å²) in [6.07, 6.45) is 0.962. The number of hydrogen-bond acceptors (Lipinski definition) is 4. The Kier molecular flexibility index (Phi) is 6.85. The summed E-state index contributed by atoms with van der Waals surface area (Å²) >= 11 is 3.18. The summed E-state index contributed by atoms with van der Waals surface area (Å²) < 4.78 is 0. The second kappa shape index (κ2) is 9.33. The van der Waals surface area contributed by atoms with Crippen LogP contribution < -0.4 is 10.2 Å². The Labute approximate surface area is 169 Å². The summed E-state index contributed by atoms with van der Waals surface area (Å²) in [5.74, 6) is 0.539. The van der Waals surface area contributed by atoms with Gasteiger partial charge in [-0.2, -0.15) is 0 Å². The van der Waals surface area contributed by atoms with Gasteiger partial charge in [-0.25, -0.2) is 0 Å². The van der Waals surface area contributed by atoms with Crippen molar-refractivity contribution in [3.8, 4) is 0 Å². The molecule has 0 aliphatic carbocycles. The van der Waals surface area contributed by atoms with Gasteiger partial charge < -0.3 is 10.2 Å². The van der Waals surface area contributed by atoms with Gasteiger partial charge in [-0.05, 0) is 37.6 Å². The Balaban J connectivity index is 1.53. The minimum atomic E-state index is -0.0860. The molecular weight excluding hydrogens is 376 g/mol. The summed E-state index contributed by atoms with van der Waals surface area (Å²) in [6, 6.07) is 15.8. The molecule has 1 aliphatic rings. The third-order valence-electron chi connectivity index (χ3n) is 4.34. The number of nitrogens with zero attached hydrogens (tertiary/aromatic N) is 1. The number of hydrogen-bond donors (Lipinski definition) is 1. The summed E-state index contributed by atoms with van der Waals surface area (Å²) in [5.41, 5.74) is 2.92. The molecule has 2 aromatic carbocycles. The van der Waals surface area contributed by atoms with Gasteiger partial charge in [0, 0.05) is 22.4 Å². The lowest BCUT2D eigenvalue weighted by Gasteiger charge is -2.22. The Bertz CT molecular complexity index is 808. The molecular formula is C21H24N2O2S2. The van der Waals surface area contributed by atoms with Crippen molar-refractivity contribution in [3.05, 3.63) is 54.1 Å². The van der Waals surface area contributed by atoms with Crippen LogP contribution >= 0.6 is 23.5 Å². The van der Waals surface area contributed by atoms with E-state index in [2.05, 4.69) is 18.3 Å². The SMILES string of the molecule is Cc1ccc(NC(=O)CSCC(=O)N2CCC(C)Sc3ccccc32)cc1. The van der Waals surface area contributed by atoms with Crippen molar-refractivity contribution >= 4 is 46.7 Å². The molecule has 1 aliphatic heterocycles. The first-order chi connectivity index (χ1) is 13.0. The zero-order valence-electron chi connectivity index (χ0n) is 15.6. The minimum absolute atomic E-state index is 0.0604. The number of amides is 2. The van der Waals surface area contributed by atoms with E-state index in [-0.39, 0.29) is 17.6 Å². The Morgan fingerprint density at radius 1 is 1.15 bits per heavy atom. The molecule has 3 rings (SSSR count). The molecule has 6 heteroatoms. The van der Waals surface area contributed by atoms with Crippen LogP contribution in [0.25, 0.3) is 0 Å². The second-order valence-corrected chi connectivity index (χ2v) is 9.10. The van der Waals surface area contributed by atoms with E-state index in [4.69, 9.17) is 0 Å². The van der Waals surface area contributed by atoms with Crippen molar-refractivity contribution in [1.82, 2.24) is 0 Å². The van der Waals surface area contributed by atoms with Crippen molar-refractivity contribution in [2.45, 2.75) is 30.4 Å². The van der Waals surface area contributed by atoms with Crippen molar-refractivity contribution < 1.29 is 9.59 Å². The van der Waals surface area contributed by atoms with Crippen LogP contribution in [0.15, 0.2) is 53.4 Å². The van der Waals surface area contributed by atoms with Gasteiger partial charge in [0.25, 0.3) is 0 Å². The van der Waals surface area contributed by atoms with Crippen LogP contribution in [0, 0.1) is 6.92 Å². The van der Waals surface area contributed by atoms with E-state index in [1.807, 2.05) is 66.1 Å². The summed E-state index contributed by atoms with van der Waals surface area (Å²) in [7, 11) is 0. The smallest absolute Gasteiger partial charge is 0.237 e. The summed E-state index contributed by atoms with van der Waals surface area (Å²) in [5, 5.41) is 3.35. The predicted octanol–water partition coefficient (Wildman–Crippen LogP) is 4.58. The van der Waals surface area contributed by atoms with Gasteiger partial charge in [0.05, 0.1) is 17.2 Å². The number of thioether (sulfide) groups is 2. The predicted molar refractivity (Wildman–Crippen MR) is 116 cm³/mol. The van der Waals surface area contributed by atoms with Gasteiger partial charge in [0.2, 0.25) is 11.8 Å². The number of rotatable bonds is 5. The molecule has 27 heavy (non-hydrogen) atoms. The topological polar surface area (TPSA) is 49.4 Å². The highest BCUT2D eigenvalue weighted by Crippen LogP contribution is 2.37. The van der Waals surface area contributed by atoms with Crippen molar-refractivity contribution in [2.75, 3.05) is 28.3 Å². The summed E-state index contributed by atoms with van der Waals surface area (Å²) in [4.78, 5) is 27.9. The maximum Gasteiger partial charge on any atom is 0.237 e. The number of anilines is 2. The minimum Gasteiger partial charge on any atom is -0.325 e. The van der Waals surface area contributed by atoms with Gasteiger partial charge >= 0.3 is 0 Å². The molecule has 1 unspecified atom stereocenters. The van der Waals surface area contributed by atoms with Crippen LogP contribution in [-0.4, -0.2) is 35.1 Å². The molecule has 1 atom stereocenters. The van der Waals surface area contributed by atoms with Crippen molar-refractivity contribution in [2.24, 2.45) is 0 Å². The van der Waals surface area contributed by atoms with Gasteiger partial charge in [-0.15, -0.1) is 23.5 Å². The molecule has 2 aromatic rings. The third kappa shape index (κ3) is 5.53. The standard InChI is InChI=1S/C21H24N2O2S2/c1-15-7-9-17(10-8-15)22-20(24)13-26-14-21(25)23-12-11-16(2)27-19-6-4-3-5-18(19)23/h3-10,16H,11-14H2,1-2H3,(H,22,24). The van der Waals surface area contributed by atoms with E-state index >= 15 is 0 Å². The first kappa shape index (κ1) is 19.8. The lowest BCUT2D eigenvalue weighted by molar-refractivity contribution is -0.116. The molecule has 0 saturated heterocycles. The van der Waals surface area contributed by atoms with Crippen LogP contribution in [0.2, 0.25) is 0 Å². The fourth-order valence-electron chi connectivity index (χ4n) is 2.89. The lowest BCUT2D eigenvalue weighted by atomic mass is 10.2. The first-order valence-corrected chi connectivity index (χ1v) is 11.1. The summed E-state index contributed by atoms with van der Waals surface area (Å²) in [6.45, 7) is 4.92. The Hall–Kier alpha value is -1.92. The average molecular weight is 401 g/mol. The van der Waals surface area contributed by atoms with Gasteiger partial charge in [-0.3, -0.25) is 9.59 Å². The number of aryl methyl sites for hydroxylation is 1. The molecule has 0 spiro atoms. The van der Waals surface area contributed by atoms with Crippen LogP contribution in [-0.2, 0) is 9.59 Å². The highest BCUT2D eigenvalue weighted by Gasteiger charge is 2.24. The number of fused-ring (bicyclic) bond motifs is 1. The van der Waals surface area contributed by atoms with E-state index in [1.165, 1.54) is 11.8 Å².